The molecule has 1 aliphatic carbocycles. The highest BCUT2D eigenvalue weighted by atomic mass is 15.1. The highest BCUT2D eigenvalue weighted by molar-refractivity contribution is 5.18. The van der Waals surface area contributed by atoms with Crippen LogP contribution in [0.4, 0.5) is 0 Å². The third-order valence-corrected chi connectivity index (χ3v) is 3.83. The van der Waals surface area contributed by atoms with E-state index in [9.17, 15) is 0 Å². The summed E-state index contributed by atoms with van der Waals surface area (Å²) in [5.41, 5.74) is 2.60. The van der Waals surface area contributed by atoms with Crippen molar-refractivity contribution in [2.45, 2.75) is 50.5 Å². The van der Waals surface area contributed by atoms with Crippen molar-refractivity contribution in [3.05, 3.63) is 17.5 Å². The van der Waals surface area contributed by atoms with Crippen LogP contribution >= 0.6 is 0 Å². The van der Waals surface area contributed by atoms with Gasteiger partial charge < -0.3 is 5.32 Å². The quantitative estimate of drug-likeness (QED) is 0.778. The van der Waals surface area contributed by atoms with E-state index in [1.165, 1.54) is 49.9 Å². The summed E-state index contributed by atoms with van der Waals surface area (Å²) >= 11 is 0. The standard InChI is InChI=1S/C12H19N3/c1-2-7-13-10(6-1)12-8-11(14-15-12)9-4-3-5-9/h8-10,13H,1-7H2,(H,14,15). The number of nitrogens with one attached hydrogen (secondary N) is 2. The maximum Gasteiger partial charge on any atom is 0.0656 e. The number of aromatic amines is 1. The molecule has 1 aliphatic heterocycles. The maximum atomic E-state index is 4.45. The molecular weight excluding hydrogens is 186 g/mol. The van der Waals surface area contributed by atoms with Crippen LogP contribution in [0, 0.1) is 0 Å². The van der Waals surface area contributed by atoms with Crippen molar-refractivity contribution in [3.8, 4) is 0 Å². The van der Waals surface area contributed by atoms with Crippen molar-refractivity contribution in [1.82, 2.24) is 15.5 Å². The van der Waals surface area contributed by atoms with Gasteiger partial charge in [0.05, 0.1) is 11.4 Å². The Morgan fingerprint density at radius 1 is 1.13 bits per heavy atom. The van der Waals surface area contributed by atoms with Crippen molar-refractivity contribution in [2.24, 2.45) is 0 Å². The maximum absolute atomic E-state index is 4.45. The molecule has 3 nitrogen and oxygen atoms in total. The fourth-order valence-corrected chi connectivity index (χ4v) is 2.56. The van der Waals surface area contributed by atoms with Gasteiger partial charge in [0, 0.05) is 12.0 Å². The number of hydrogen-bond acceptors (Lipinski definition) is 2. The molecule has 3 rings (SSSR count). The average molecular weight is 205 g/mol. The van der Waals surface area contributed by atoms with Gasteiger partial charge in [-0.25, -0.2) is 0 Å². The van der Waals surface area contributed by atoms with Gasteiger partial charge in [-0.2, -0.15) is 5.10 Å². The van der Waals surface area contributed by atoms with Gasteiger partial charge in [0.1, 0.15) is 0 Å². The van der Waals surface area contributed by atoms with Crippen LogP contribution in [-0.4, -0.2) is 16.7 Å². The second-order valence-electron chi connectivity index (χ2n) is 4.88. The van der Waals surface area contributed by atoms with E-state index in [1.807, 2.05) is 0 Å². The van der Waals surface area contributed by atoms with E-state index in [0.717, 1.165) is 12.5 Å². The number of aromatic nitrogens is 2. The van der Waals surface area contributed by atoms with Gasteiger partial charge in [-0.3, -0.25) is 5.10 Å². The fourth-order valence-electron chi connectivity index (χ4n) is 2.56. The smallest absolute Gasteiger partial charge is 0.0656 e. The molecule has 1 aromatic rings. The largest absolute Gasteiger partial charge is 0.309 e. The predicted molar refractivity (Wildman–Crippen MR) is 59.8 cm³/mol. The van der Waals surface area contributed by atoms with E-state index < -0.39 is 0 Å². The van der Waals surface area contributed by atoms with Crippen LogP contribution in [0.2, 0.25) is 0 Å². The summed E-state index contributed by atoms with van der Waals surface area (Å²) in [6.07, 6.45) is 7.97. The Labute approximate surface area is 90.7 Å². The number of H-pyrrole nitrogens is 1. The molecule has 0 spiro atoms. The predicted octanol–water partition coefficient (Wildman–Crippen LogP) is 2.49. The number of rotatable bonds is 2. The van der Waals surface area contributed by atoms with Crippen LogP contribution in [-0.2, 0) is 0 Å². The molecule has 2 N–H and O–H groups in total. The summed E-state index contributed by atoms with van der Waals surface area (Å²) in [6.45, 7) is 1.16. The molecule has 1 aromatic heterocycles. The Morgan fingerprint density at radius 2 is 2.07 bits per heavy atom. The van der Waals surface area contributed by atoms with Gasteiger partial charge >= 0.3 is 0 Å². The first-order valence-electron chi connectivity index (χ1n) is 6.22. The molecule has 1 saturated heterocycles. The van der Waals surface area contributed by atoms with Crippen molar-refractivity contribution >= 4 is 0 Å². The Morgan fingerprint density at radius 3 is 2.73 bits per heavy atom. The minimum atomic E-state index is 0.528. The van der Waals surface area contributed by atoms with Crippen LogP contribution in [0.1, 0.15) is 61.9 Å². The van der Waals surface area contributed by atoms with E-state index in [2.05, 4.69) is 21.6 Å². The summed E-state index contributed by atoms with van der Waals surface area (Å²) in [7, 11) is 0. The second kappa shape index (κ2) is 3.97. The summed E-state index contributed by atoms with van der Waals surface area (Å²) < 4.78 is 0. The Kier molecular flexibility index (Phi) is 2.49. The van der Waals surface area contributed by atoms with E-state index in [0.29, 0.717) is 6.04 Å². The van der Waals surface area contributed by atoms with Crippen LogP contribution in [0.5, 0.6) is 0 Å². The highest BCUT2D eigenvalue weighted by Crippen LogP contribution is 2.36. The summed E-state index contributed by atoms with van der Waals surface area (Å²) in [6, 6.07) is 2.81. The first kappa shape index (κ1) is 9.40. The van der Waals surface area contributed by atoms with Crippen LogP contribution in [0.3, 0.4) is 0 Å². The van der Waals surface area contributed by atoms with Gasteiger partial charge in [0.25, 0.3) is 0 Å². The lowest BCUT2D eigenvalue weighted by atomic mass is 9.83. The lowest BCUT2D eigenvalue weighted by Gasteiger charge is -2.23. The van der Waals surface area contributed by atoms with E-state index >= 15 is 0 Å². The van der Waals surface area contributed by atoms with Gasteiger partial charge in [0.15, 0.2) is 0 Å². The van der Waals surface area contributed by atoms with Crippen LogP contribution < -0.4 is 5.32 Å². The average Bonchev–Trinajstić information content (AvgIpc) is 2.66. The minimum absolute atomic E-state index is 0.528. The first-order valence-corrected chi connectivity index (χ1v) is 6.22. The Bertz CT molecular complexity index is 321. The fraction of sp³-hybridized carbons (Fsp3) is 0.750. The van der Waals surface area contributed by atoms with Crippen molar-refractivity contribution in [1.29, 1.82) is 0 Å². The Balaban J connectivity index is 1.71. The van der Waals surface area contributed by atoms with Crippen LogP contribution in [0.25, 0.3) is 0 Å². The van der Waals surface area contributed by atoms with E-state index in [4.69, 9.17) is 0 Å². The van der Waals surface area contributed by atoms with Crippen molar-refractivity contribution < 1.29 is 0 Å². The number of piperidine rings is 1. The minimum Gasteiger partial charge on any atom is -0.309 e. The summed E-state index contributed by atoms with van der Waals surface area (Å²) in [5.74, 6) is 0.749. The SMILES string of the molecule is c1c(C2CCC2)n[nH]c1C1CCCCN1. The molecule has 1 unspecified atom stereocenters. The third-order valence-electron chi connectivity index (χ3n) is 3.83. The molecule has 0 amide bonds. The molecule has 1 saturated carbocycles. The van der Waals surface area contributed by atoms with Gasteiger partial charge in [0.2, 0.25) is 0 Å². The van der Waals surface area contributed by atoms with Crippen molar-refractivity contribution in [2.75, 3.05) is 6.54 Å². The zero-order valence-corrected chi connectivity index (χ0v) is 9.13. The van der Waals surface area contributed by atoms with Gasteiger partial charge in [-0.15, -0.1) is 0 Å². The van der Waals surface area contributed by atoms with E-state index in [-0.39, 0.29) is 0 Å². The molecule has 82 valence electrons. The molecule has 3 heteroatoms. The summed E-state index contributed by atoms with van der Waals surface area (Å²) in [5, 5.41) is 11.2. The van der Waals surface area contributed by atoms with Crippen LogP contribution in [0.15, 0.2) is 6.07 Å². The number of hydrogen-bond donors (Lipinski definition) is 2. The summed E-state index contributed by atoms with van der Waals surface area (Å²) in [4.78, 5) is 0. The molecule has 2 aliphatic rings. The molecule has 2 fully saturated rings. The zero-order valence-electron chi connectivity index (χ0n) is 9.13. The topological polar surface area (TPSA) is 40.7 Å². The molecule has 2 heterocycles. The monoisotopic (exact) mass is 205 g/mol. The molecule has 0 radical (unpaired) electrons. The molecule has 1 atom stereocenters. The first-order chi connectivity index (χ1) is 7.43. The Hall–Kier alpha value is -0.830. The van der Waals surface area contributed by atoms with Gasteiger partial charge in [-0.1, -0.05) is 12.8 Å². The second-order valence-corrected chi connectivity index (χ2v) is 4.88. The van der Waals surface area contributed by atoms with E-state index in [1.54, 1.807) is 0 Å². The number of nitrogens with zero attached hydrogens (tertiary/aromatic N) is 1. The zero-order chi connectivity index (χ0) is 10.1. The van der Waals surface area contributed by atoms with Crippen molar-refractivity contribution in [3.63, 3.8) is 0 Å². The lowest BCUT2D eigenvalue weighted by molar-refractivity contribution is 0.405. The molecule has 15 heavy (non-hydrogen) atoms. The molecular formula is C12H19N3. The van der Waals surface area contributed by atoms with Gasteiger partial charge in [-0.05, 0) is 38.3 Å². The third kappa shape index (κ3) is 1.81. The highest BCUT2D eigenvalue weighted by Gasteiger charge is 2.24. The molecule has 0 aromatic carbocycles. The lowest BCUT2D eigenvalue weighted by Crippen LogP contribution is -2.26. The molecule has 0 bridgehead atoms. The normalized spacial score (nSPS) is 27.6.